The third-order valence-electron chi connectivity index (χ3n) is 4.36. The van der Waals surface area contributed by atoms with Crippen molar-refractivity contribution >= 4 is 32.7 Å². The minimum Gasteiger partial charge on any atom is -0.396 e. The van der Waals surface area contributed by atoms with Crippen LogP contribution < -0.4 is 5.32 Å². The van der Waals surface area contributed by atoms with Crippen LogP contribution in [-0.2, 0) is 10.1 Å². The van der Waals surface area contributed by atoms with Gasteiger partial charge in [-0.3, -0.25) is 4.55 Å². The Morgan fingerprint density at radius 3 is 1.83 bits per heavy atom. The lowest BCUT2D eigenvalue weighted by Gasteiger charge is -2.02. The molecule has 29 heavy (non-hydrogen) atoms. The summed E-state index contributed by atoms with van der Waals surface area (Å²) >= 11 is 2.07. The SMILES string of the molecule is Cc1ccc(S(=O)(=O)O)cc1.OCCCCCCCCCCCCNCC#CI. The maximum atomic E-state index is 10.5. The van der Waals surface area contributed by atoms with Crippen LogP contribution in [0.15, 0.2) is 29.2 Å². The fourth-order valence-corrected chi connectivity index (χ4v) is 3.34. The lowest BCUT2D eigenvalue weighted by atomic mass is 10.1. The molecular formula is C22H36INO4S. The molecule has 0 atom stereocenters. The van der Waals surface area contributed by atoms with E-state index in [1.54, 1.807) is 12.1 Å². The van der Waals surface area contributed by atoms with E-state index in [0.29, 0.717) is 6.61 Å². The zero-order valence-electron chi connectivity index (χ0n) is 17.5. The normalized spacial score (nSPS) is 10.6. The fourth-order valence-electron chi connectivity index (χ4n) is 2.67. The highest BCUT2D eigenvalue weighted by Gasteiger charge is 2.06. The molecule has 0 spiro atoms. The molecule has 0 aromatic heterocycles. The van der Waals surface area contributed by atoms with Crippen LogP contribution >= 0.6 is 22.6 Å². The van der Waals surface area contributed by atoms with Gasteiger partial charge in [-0.05, 0) is 42.4 Å². The zero-order chi connectivity index (χ0) is 21.8. The van der Waals surface area contributed by atoms with Gasteiger partial charge in [0.25, 0.3) is 10.1 Å². The molecule has 0 unspecified atom stereocenters. The van der Waals surface area contributed by atoms with E-state index in [1.165, 1.54) is 69.9 Å². The van der Waals surface area contributed by atoms with Gasteiger partial charge < -0.3 is 10.4 Å². The Morgan fingerprint density at radius 2 is 1.38 bits per heavy atom. The summed E-state index contributed by atoms with van der Waals surface area (Å²) in [6.45, 7) is 4.13. The molecule has 7 heteroatoms. The molecule has 5 nitrogen and oxygen atoms in total. The average molecular weight is 538 g/mol. The molecule has 1 aromatic carbocycles. The molecule has 0 saturated carbocycles. The van der Waals surface area contributed by atoms with Gasteiger partial charge in [-0.1, -0.05) is 75.0 Å². The van der Waals surface area contributed by atoms with Crippen LogP contribution in [0.1, 0.15) is 69.8 Å². The second-order valence-corrected chi connectivity index (χ2v) is 8.96. The molecule has 0 heterocycles. The Kier molecular flexibility index (Phi) is 18.9. The summed E-state index contributed by atoms with van der Waals surface area (Å²) in [6.07, 6.45) is 12.9. The predicted molar refractivity (Wildman–Crippen MR) is 129 cm³/mol. The quantitative estimate of drug-likeness (QED) is 0.133. The molecular weight excluding hydrogens is 501 g/mol. The van der Waals surface area contributed by atoms with Crippen molar-refractivity contribution in [1.29, 1.82) is 0 Å². The fraction of sp³-hybridized carbons (Fsp3) is 0.636. The summed E-state index contributed by atoms with van der Waals surface area (Å²) < 4.78 is 32.4. The number of aliphatic hydroxyl groups is 1. The van der Waals surface area contributed by atoms with E-state index in [-0.39, 0.29) is 4.90 Å². The lowest BCUT2D eigenvalue weighted by molar-refractivity contribution is 0.282. The van der Waals surface area contributed by atoms with E-state index in [1.807, 2.05) is 6.92 Å². The topological polar surface area (TPSA) is 86.6 Å². The van der Waals surface area contributed by atoms with Gasteiger partial charge in [0.15, 0.2) is 0 Å². The van der Waals surface area contributed by atoms with Crippen molar-refractivity contribution in [3.8, 4) is 9.85 Å². The number of aryl methyl sites for hydroxylation is 1. The maximum Gasteiger partial charge on any atom is 0.294 e. The van der Waals surface area contributed by atoms with Crippen LogP contribution in [0, 0.1) is 16.8 Å². The average Bonchev–Trinajstić information content (AvgIpc) is 2.68. The highest BCUT2D eigenvalue weighted by atomic mass is 127. The van der Waals surface area contributed by atoms with Crippen molar-refractivity contribution in [3.63, 3.8) is 0 Å². The molecule has 0 radical (unpaired) electrons. The highest BCUT2D eigenvalue weighted by Crippen LogP contribution is 2.10. The van der Waals surface area contributed by atoms with Gasteiger partial charge in [-0.25, -0.2) is 0 Å². The highest BCUT2D eigenvalue weighted by molar-refractivity contribution is 14.1. The summed E-state index contributed by atoms with van der Waals surface area (Å²) in [4.78, 5) is -0.0666. The first-order chi connectivity index (χ1) is 13.9. The van der Waals surface area contributed by atoms with E-state index in [9.17, 15) is 8.42 Å². The summed E-state index contributed by atoms with van der Waals surface area (Å²) in [5.74, 6) is 3.00. The monoisotopic (exact) mass is 537 g/mol. The smallest absolute Gasteiger partial charge is 0.294 e. The van der Waals surface area contributed by atoms with Gasteiger partial charge in [0.05, 0.1) is 11.4 Å². The van der Waals surface area contributed by atoms with E-state index < -0.39 is 10.1 Å². The molecule has 0 bridgehead atoms. The molecule has 0 aliphatic heterocycles. The number of rotatable bonds is 14. The van der Waals surface area contributed by atoms with Gasteiger partial charge in [0.1, 0.15) is 0 Å². The van der Waals surface area contributed by atoms with Crippen molar-refractivity contribution in [3.05, 3.63) is 29.8 Å². The standard InChI is InChI=1S/C15H28INO.C7H8O3S/c16-12-11-14-17-13-9-7-5-3-1-2-4-6-8-10-15-18;1-6-2-4-7(5-3-6)11(8,9)10/h17-18H,1-10,13-15H2;2-5H,1H3,(H,8,9,10). The number of nitrogens with one attached hydrogen (secondary N) is 1. The summed E-state index contributed by atoms with van der Waals surface area (Å²) in [6, 6.07) is 5.99. The first-order valence-electron chi connectivity index (χ1n) is 10.4. The second-order valence-electron chi connectivity index (χ2n) is 7.00. The number of hydrogen-bond acceptors (Lipinski definition) is 4. The number of halogens is 1. The summed E-state index contributed by atoms with van der Waals surface area (Å²) in [7, 11) is -4.02. The summed E-state index contributed by atoms with van der Waals surface area (Å²) in [5.41, 5.74) is 0.956. The Bertz CT molecular complexity index is 666. The van der Waals surface area contributed by atoms with E-state index in [2.05, 4.69) is 37.8 Å². The number of benzene rings is 1. The van der Waals surface area contributed by atoms with Crippen molar-refractivity contribution in [1.82, 2.24) is 5.32 Å². The van der Waals surface area contributed by atoms with Crippen molar-refractivity contribution in [2.75, 3.05) is 19.7 Å². The molecule has 0 fully saturated rings. The summed E-state index contributed by atoms with van der Waals surface area (Å²) in [5, 5.41) is 12.0. The minimum absolute atomic E-state index is 0.0666. The van der Waals surface area contributed by atoms with Crippen LogP contribution in [0.4, 0.5) is 0 Å². The van der Waals surface area contributed by atoms with Crippen LogP contribution in [0.5, 0.6) is 0 Å². The first kappa shape index (κ1) is 28.3. The molecule has 3 N–H and O–H groups in total. The maximum absolute atomic E-state index is 10.5. The third-order valence-corrected chi connectivity index (χ3v) is 5.61. The predicted octanol–water partition coefficient (Wildman–Crippen LogP) is 5.11. The Labute approximate surface area is 191 Å². The van der Waals surface area contributed by atoms with Gasteiger partial charge >= 0.3 is 0 Å². The van der Waals surface area contributed by atoms with Crippen LogP contribution in [-0.4, -0.2) is 37.8 Å². The molecule has 0 amide bonds. The van der Waals surface area contributed by atoms with Crippen molar-refractivity contribution in [2.45, 2.75) is 76.0 Å². The van der Waals surface area contributed by atoms with Crippen molar-refractivity contribution in [2.24, 2.45) is 0 Å². The second kappa shape index (κ2) is 19.3. The van der Waals surface area contributed by atoms with Gasteiger partial charge in [-0.15, -0.1) is 0 Å². The molecule has 1 aromatic rings. The van der Waals surface area contributed by atoms with Crippen molar-refractivity contribution < 1.29 is 18.1 Å². The Hall–Kier alpha value is -0.660. The molecule has 0 aliphatic rings. The number of unbranched alkanes of at least 4 members (excludes halogenated alkanes) is 9. The number of aliphatic hydroxyl groups excluding tert-OH is 1. The lowest BCUT2D eigenvalue weighted by Crippen LogP contribution is -2.14. The van der Waals surface area contributed by atoms with Crippen LogP contribution in [0.2, 0.25) is 0 Å². The third kappa shape index (κ3) is 19.1. The largest absolute Gasteiger partial charge is 0.396 e. The number of hydrogen-bond donors (Lipinski definition) is 3. The Morgan fingerprint density at radius 1 is 0.897 bits per heavy atom. The molecule has 0 saturated heterocycles. The van der Waals surface area contributed by atoms with E-state index >= 15 is 0 Å². The van der Waals surface area contributed by atoms with Crippen LogP contribution in [0.25, 0.3) is 0 Å². The van der Waals surface area contributed by atoms with Gasteiger partial charge in [-0.2, -0.15) is 8.42 Å². The first-order valence-corrected chi connectivity index (χ1v) is 12.9. The molecule has 0 aliphatic carbocycles. The molecule has 166 valence electrons. The van der Waals surface area contributed by atoms with E-state index in [0.717, 1.165) is 25.1 Å². The zero-order valence-corrected chi connectivity index (χ0v) is 20.5. The van der Waals surface area contributed by atoms with Gasteiger partial charge in [0.2, 0.25) is 0 Å². The minimum atomic E-state index is -4.02. The van der Waals surface area contributed by atoms with Crippen LogP contribution in [0.3, 0.4) is 0 Å². The van der Waals surface area contributed by atoms with Gasteiger partial charge in [0, 0.05) is 29.2 Å². The Balaban J connectivity index is 0.000000604. The van der Waals surface area contributed by atoms with E-state index in [4.69, 9.17) is 9.66 Å². The molecule has 1 rings (SSSR count).